The highest BCUT2D eigenvalue weighted by atomic mass is 16.5. The lowest BCUT2D eigenvalue weighted by Gasteiger charge is -2.27. The summed E-state index contributed by atoms with van der Waals surface area (Å²) in [7, 11) is 0. The second-order valence-corrected chi connectivity index (χ2v) is 7.30. The molecule has 0 spiro atoms. The van der Waals surface area contributed by atoms with Crippen molar-refractivity contribution in [3.05, 3.63) is 67.3 Å². The number of aromatic nitrogens is 5. The van der Waals surface area contributed by atoms with Gasteiger partial charge in [0.25, 0.3) is 0 Å². The third-order valence-electron chi connectivity index (χ3n) is 5.11. The summed E-state index contributed by atoms with van der Waals surface area (Å²) in [4.78, 5) is 13.3. The van der Waals surface area contributed by atoms with E-state index < -0.39 is 0 Å². The number of aryl methyl sites for hydroxylation is 1. The molecule has 31 heavy (non-hydrogen) atoms. The smallest absolute Gasteiger partial charge is 0.227 e. The minimum absolute atomic E-state index is 0.261. The third kappa shape index (κ3) is 4.24. The Balaban J connectivity index is 1.39. The number of rotatable bonds is 7. The van der Waals surface area contributed by atoms with Gasteiger partial charge in [0.1, 0.15) is 17.5 Å². The van der Waals surface area contributed by atoms with Crippen LogP contribution in [0.2, 0.25) is 0 Å². The average Bonchev–Trinajstić information content (AvgIpc) is 3.23. The maximum absolute atomic E-state index is 5.86. The molecule has 1 fully saturated rings. The van der Waals surface area contributed by atoms with E-state index in [4.69, 9.17) is 14.8 Å². The first-order chi connectivity index (χ1) is 15.3. The van der Waals surface area contributed by atoms with E-state index in [1.807, 2.05) is 59.5 Å². The van der Waals surface area contributed by atoms with E-state index in [0.717, 1.165) is 53.6 Å². The van der Waals surface area contributed by atoms with Crippen molar-refractivity contribution in [2.45, 2.75) is 19.6 Å². The topological polar surface area (TPSA) is 89.8 Å². The molecule has 0 amide bonds. The van der Waals surface area contributed by atoms with Crippen LogP contribution in [0.25, 0.3) is 22.5 Å². The first-order valence-electron chi connectivity index (χ1n) is 10.3. The predicted molar refractivity (Wildman–Crippen MR) is 119 cm³/mol. The molecule has 8 heteroatoms. The molecule has 1 aliphatic rings. The number of benzene rings is 1. The van der Waals surface area contributed by atoms with Crippen LogP contribution in [0.3, 0.4) is 0 Å². The Labute approximate surface area is 180 Å². The van der Waals surface area contributed by atoms with Crippen molar-refractivity contribution in [2.75, 3.05) is 18.4 Å². The minimum atomic E-state index is 0.261. The summed E-state index contributed by atoms with van der Waals surface area (Å²) in [6.07, 6.45) is 7.59. The van der Waals surface area contributed by atoms with Gasteiger partial charge in [0.05, 0.1) is 5.69 Å². The van der Waals surface area contributed by atoms with Gasteiger partial charge in [-0.25, -0.2) is 9.97 Å². The Bertz CT molecular complexity index is 1150. The number of pyridine rings is 1. The summed E-state index contributed by atoms with van der Waals surface area (Å²) in [5.74, 6) is 1.38. The van der Waals surface area contributed by atoms with Gasteiger partial charge >= 0.3 is 0 Å². The highest BCUT2D eigenvalue weighted by Crippen LogP contribution is 2.30. The summed E-state index contributed by atoms with van der Waals surface area (Å²) in [6.45, 7) is 4.63. The minimum Gasteiger partial charge on any atom is -0.488 e. The molecule has 3 aromatic heterocycles. The van der Waals surface area contributed by atoms with Crippen LogP contribution in [0.1, 0.15) is 6.92 Å². The maximum atomic E-state index is 5.86. The molecule has 5 rings (SSSR count). The van der Waals surface area contributed by atoms with Crippen molar-refractivity contribution in [1.29, 1.82) is 0 Å². The van der Waals surface area contributed by atoms with Crippen LogP contribution in [0, 0.1) is 0 Å². The van der Waals surface area contributed by atoms with Gasteiger partial charge in [-0.05, 0) is 49.4 Å². The number of hydrogen-bond donors (Lipinski definition) is 2. The zero-order valence-corrected chi connectivity index (χ0v) is 17.2. The van der Waals surface area contributed by atoms with Crippen molar-refractivity contribution in [2.24, 2.45) is 0 Å². The molecule has 4 heterocycles. The van der Waals surface area contributed by atoms with Gasteiger partial charge in [0, 0.05) is 61.2 Å². The van der Waals surface area contributed by atoms with E-state index in [2.05, 4.69) is 27.5 Å². The second kappa shape index (κ2) is 8.53. The number of ether oxygens (including phenoxy) is 1. The van der Waals surface area contributed by atoms with Gasteiger partial charge < -0.3 is 15.4 Å². The molecule has 0 radical (unpaired) electrons. The summed E-state index contributed by atoms with van der Waals surface area (Å²) < 4.78 is 7.77. The number of hydrogen-bond acceptors (Lipinski definition) is 7. The number of anilines is 2. The summed E-state index contributed by atoms with van der Waals surface area (Å²) in [5.41, 5.74) is 4.45. The molecule has 0 unspecified atom stereocenters. The van der Waals surface area contributed by atoms with Gasteiger partial charge in [-0.2, -0.15) is 5.10 Å². The van der Waals surface area contributed by atoms with Crippen LogP contribution in [0.15, 0.2) is 67.3 Å². The fourth-order valence-corrected chi connectivity index (χ4v) is 3.34. The van der Waals surface area contributed by atoms with Gasteiger partial charge in [0.15, 0.2) is 0 Å². The fraction of sp³-hybridized carbons (Fsp3) is 0.217. The summed E-state index contributed by atoms with van der Waals surface area (Å²) >= 11 is 0. The summed E-state index contributed by atoms with van der Waals surface area (Å²) in [6, 6.07) is 13.6. The van der Waals surface area contributed by atoms with Crippen LogP contribution in [0.4, 0.5) is 11.6 Å². The Hall–Kier alpha value is -3.78. The van der Waals surface area contributed by atoms with E-state index in [0.29, 0.717) is 5.95 Å². The maximum Gasteiger partial charge on any atom is 0.227 e. The molecule has 0 atom stereocenters. The molecular formula is C23H23N7O. The highest BCUT2D eigenvalue weighted by Gasteiger charge is 2.18. The normalized spacial score (nSPS) is 13.6. The zero-order valence-electron chi connectivity index (χ0n) is 17.2. The zero-order chi connectivity index (χ0) is 21.0. The first kappa shape index (κ1) is 19.2. The summed E-state index contributed by atoms with van der Waals surface area (Å²) in [5, 5.41) is 11.2. The largest absolute Gasteiger partial charge is 0.488 e. The van der Waals surface area contributed by atoms with Crippen molar-refractivity contribution < 1.29 is 4.74 Å². The Kier molecular flexibility index (Phi) is 5.28. The molecule has 0 bridgehead atoms. The second-order valence-electron chi connectivity index (χ2n) is 7.30. The van der Waals surface area contributed by atoms with E-state index in [9.17, 15) is 0 Å². The van der Waals surface area contributed by atoms with Crippen molar-refractivity contribution in [1.82, 2.24) is 30.0 Å². The van der Waals surface area contributed by atoms with E-state index in [1.54, 1.807) is 12.4 Å². The molecule has 1 aromatic carbocycles. The SMILES string of the molecule is CCn1cc(-c2ccnc(Nc3ccc(OC4CNC4)cc3)n2)c(-c2cccnc2)n1. The Morgan fingerprint density at radius 3 is 2.71 bits per heavy atom. The van der Waals surface area contributed by atoms with Crippen LogP contribution < -0.4 is 15.4 Å². The van der Waals surface area contributed by atoms with Crippen molar-refractivity contribution in [3.8, 4) is 28.3 Å². The fourth-order valence-electron chi connectivity index (χ4n) is 3.34. The lowest BCUT2D eigenvalue weighted by atomic mass is 10.1. The number of nitrogens with one attached hydrogen (secondary N) is 2. The molecule has 0 saturated carbocycles. The Morgan fingerprint density at radius 1 is 1.13 bits per heavy atom. The highest BCUT2D eigenvalue weighted by molar-refractivity contribution is 5.78. The van der Waals surface area contributed by atoms with Crippen LogP contribution in [-0.4, -0.2) is 43.9 Å². The number of nitrogens with zero attached hydrogens (tertiary/aromatic N) is 5. The molecule has 0 aliphatic carbocycles. The molecule has 4 aromatic rings. The molecule has 1 aliphatic heterocycles. The third-order valence-corrected chi connectivity index (χ3v) is 5.11. The quantitative estimate of drug-likeness (QED) is 0.479. The Morgan fingerprint density at radius 2 is 2.00 bits per heavy atom. The van der Waals surface area contributed by atoms with Gasteiger partial charge in [-0.3, -0.25) is 9.67 Å². The molecule has 2 N–H and O–H groups in total. The van der Waals surface area contributed by atoms with Gasteiger partial charge in [0.2, 0.25) is 5.95 Å². The first-order valence-corrected chi connectivity index (χ1v) is 10.3. The lowest BCUT2D eigenvalue weighted by Crippen LogP contribution is -2.50. The van der Waals surface area contributed by atoms with E-state index in [1.165, 1.54) is 0 Å². The van der Waals surface area contributed by atoms with Crippen LogP contribution in [0.5, 0.6) is 5.75 Å². The van der Waals surface area contributed by atoms with Gasteiger partial charge in [-0.15, -0.1) is 0 Å². The van der Waals surface area contributed by atoms with Crippen LogP contribution >= 0.6 is 0 Å². The standard InChI is InChI=1S/C23H23N7O/c1-2-30-15-20(22(29-30)16-4-3-10-24-12-16)21-9-11-26-23(28-21)27-17-5-7-18(8-6-17)31-19-13-25-14-19/h3-12,15,19,25H,2,13-14H2,1H3,(H,26,27,28). The molecule has 1 saturated heterocycles. The molecular weight excluding hydrogens is 390 g/mol. The van der Waals surface area contributed by atoms with E-state index in [-0.39, 0.29) is 6.10 Å². The van der Waals surface area contributed by atoms with Crippen molar-refractivity contribution in [3.63, 3.8) is 0 Å². The predicted octanol–water partition coefficient (Wildman–Crippen LogP) is 3.52. The molecule has 8 nitrogen and oxygen atoms in total. The van der Waals surface area contributed by atoms with Crippen LogP contribution in [-0.2, 0) is 6.54 Å². The van der Waals surface area contributed by atoms with Gasteiger partial charge in [-0.1, -0.05) is 0 Å². The van der Waals surface area contributed by atoms with E-state index >= 15 is 0 Å². The average molecular weight is 413 g/mol. The monoisotopic (exact) mass is 413 g/mol. The van der Waals surface area contributed by atoms with Crippen molar-refractivity contribution >= 4 is 11.6 Å². The molecule has 156 valence electrons. The lowest BCUT2D eigenvalue weighted by molar-refractivity contribution is 0.142.